The van der Waals surface area contributed by atoms with Crippen LogP contribution in [0.15, 0.2) is 28.7 Å². The van der Waals surface area contributed by atoms with Crippen LogP contribution in [-0.2, 0) is 0 Å². The van der Waals surface area contributed by atoms with E-state index in [4.69, 9.17) is 16.0 Å². The Morgan fingerprint density at radius 2 is 1.87 bits per heavy atom. The van der Waals surface area contributed by atoms with E-state index in [1.54, 1.807) is 19.1 Å². The Morgan fingerprint density at radius 1 is 1.22 bits per heavy atom. The Balaban J connectivity index is 1.72. The summed E-state index contributed by atoms with van der Waals surface area (Å²) in [5.74, 6) is 1.60. The summed E-state index contributed by atoms with van der Waals surface area (Å²) in [5.41, 5.74) is 1.18. The van der Waals surface area contributed by atoms with Crippen LogP contribution in [-0.4, -0.2) is 16.9 Å². The van der Waals surface area contributed by atoms with Gasteiger partial charge in [-0.15, -0.1) is 0 Å². The number of amides is 1. The standard InChI is InChI=1S/C18H21ClN2O2/c1-11-3-9-15(10-4-11)20-17(22)16-12(2)23-18(21-16)13-5-7-14(19)8-6-13/h5-8,11,15H,3-4,9-10H2,1-2H3,(H,20,22). The molecule has 0 saturated heterocycles. The molecule has 4 nitrogen and oxygen atoms in total. The van der Waals surface area contributed by atoms with Gasteiger partial charge >= 0.3 is 0 Å². The third kappa shape index (κ3) is 3.75. The maximum atomic E-state index is 12.5. The van der Waals surface area contributed by atoms with Crippen molar-refractivity contribution in [1.29, 1.82) is 0 Å². The van der Waals surface area contributed by atoms with Crippen LogP contribution in [0.2, 0.25) is 5.02 Å². The van der Waals surface area contributed by atoms with Crippen molar-refractivity contribution < 1.29 is 9.21 Å². The Bertz CT molecular complexity index is 686. The van der Waals surface area contributed by atoms with E-state index in [9.17, 15) is 4.79 Å². The normalized spacial score (nSPS) is 21.2. The number of rotatable bonds is 3. The van der Waals surface area contributed by atoms with E-state index in [0.29, 0.717) is 22.4 Å². The number of oxazole rings is 1. The predicted octanol–water partition coefficient (Wildman–Crippen LogP) is 4.61. The number of hydrogen-bond donors (Lipinski definition) is 1. The highest BCUT2D eigenvalue weighted by Crippen LogP contribution is 2.25. The maximum absolute atomic E-state index is 12.5. The van der Waals surface area contributed by atoms with Gasteiger partial charge in [-0.3, -0.25) is 4.79 Å². The summed E-state index contributed by atoms with van der Waals surface area (Å²) in [4.78, 5) is 16.8. The lowest BCUT2D eigenvalue weighted by Crippen LogP contribution is -2.37. The van der Waals surface area contributed by atoms with E-state index in [1.165, 1.54) is 12.8 Å². The number of nitrogens with one attached hydrogen (secondary N) is 1. The predicted molar refractivity (Wildman–Crippen MR) is 90.6 cm³/mol. The molecule has 1 aliphatic rings. The van der Waals surface area contributed by atoms with Gasteiger partial charge in [0, 0.05) is 16.6 Å². The van der Waals surface area contributed by atoms with Gasteiger partial charge in [0.1, 0.15) is 5.76 Å². The van der Waals surface area contributed by atoms with Gasteiger partial charge in [-0.05, 0) is 62.8 Å². The average Bonchev–Trinajstić information content (AvgIpc) is 2.92. The number of aromatic nitrogens is 1. The number of carbonyl (C=O) groups excluding carboxylic acids is 1. The monoisotopic (exact) mass is 332 g/mol. The van der Waals surface area contributed by atoms with Crippen molar-refractivity contribution in [2.24, 2.45) is 5.92 Å². The maximum Gasteiger partial charge on any atom is 0.273 e. The molecule has 1 aromatic heterocycles. The summed E-state index contributed by atoms with van der Waals surface area (Å²) in [6.07, 6.45) is 4.40. The quantitative estimate of drug-likeness (QED) is 0.892. The lowest BCUT2D eigenvalue weighted by molar-refractivity contribution is 0.0917. The molecule has 0 radical (unpaired) electrons. The van der Waals surface area contributed by atoms with Gasteiger partial charge in [0.15, 0.2) is 5.69 Å². The molecule has 0 aliphatic heterocycles. The summed E-state index contributed by atoms with van der Waals surface area (Å²) in [7, 11) is 0. The summed E-state index contributed by atoms with van der Waals surface area (Å²) in [5, 5.41) is 3.74. The largest absolute Gasteiger partial charge is 0.441 e. The second-order valence-corrected chi connectivity index (χ2v) is 6.80. The Labute approximate surface area is 141 Å². The number of hydrogen-bond acceptors (Lipinski definition) is 3. The summed E-state index contributed by atoms with van der Waals surface area (Å²) < 4.78 is 5.65. The van der Waals surface area contributed by atoms with Gasteiger partial charge in [-0.1, -0.05) is 18.5 Å². The zero-order valence-corrected chi connectivity index (χ0v) is 14.2. The summed E-state index contributed by atoms with van der Waals surface area (Å²) in [6, 6.07) is 7.46. The molecule has 1 saturated carbocycles. The van der Waals surface area contributed by atoms with Crippen molar-refractivity contribution in [2.45, 2.75) is 45.6 Å². The Hall–Kier alpha value is -1.81. The van der Waals surface area contributed by atoms with E-state index in [-0.39, 0.29) is 11.9 Å². The second kappa shape index (κ2) is 6.75. The van der Waals surface area contributed by atoms with E-state index in [0.717, 1.165) is 24.3 Å². The van der Waals surface area contributed by atoms with Gasteiger partial charge in [0.2, 0.25) is 5.89 Å². The molecule has 2 aromatic rings. The number of nitrogens with zero attached hydrogens (tertiary/aromatic N) is 1. The molecule has 122 valence electrons. The first-order valence-corrected chi connectivity index (χ1v) is 8.45. The molecule has 1 aliphatic carbocycles. The number of halogens is 1. The molecule has 23 heavy (non-hydrogen) atoms. The molecular weight excluding hydrogens is 312 g/mol. The molecule has 0 atom stereocenters. The molecule has 1 fully saturated rings. The third-order valence-electron chi connectivity index (χ3n) is 4.45. The zero-order chi connectivity index (χ0) is 16.4. The lowest BCUT2D eigenvalue weighted by Gasteiger charge is -2.26. The zero-order valence-electron chi connectivity index (χ0n) is 13.4. The van der Waals surface area contributed by atoms with E-state index >= 15 is 0 Å². The highest BCUT2D eigenvalue weighted by atomic mass is 35.5. The molecular formula is C18H21ClN2O2. The minimum atomic E-state index is -0.147. The first kappa shape index (κ1) is 16.1. The molecule has 1 heterocycles. The fourth-order valence-corrected chi connectivity index (χ4v) is 3.11. The van der Waals surface area contributed by atoms with E-state index in [2.05, 4.69) is 17.2 Å². The van der Waals surface area contributed by atoms with Crippen LogP contribution in [0, 0.1) is 12.8 Å². The van der Waals surface area contributed by atoms with Crippen molar-refractivity contribution >= 4 is 17.5 Å². The van der Waals surface area contributed by atoms with Crippen molar-refractivity contribution in [1.82, 2.24) is 10.3 Å². The van der Waals surface area contributed by atoms with Crippen LogP contribution in [0.5, 0.6) is 0 Å². The van der Waals surface area contributed by atoms with Crippen molar-refractivity contribution in [3.63, 3.8) is 0 Å². The first-order chi connectivity index (χ1) is 11.0. The fourth-order valence-electron chi connectivity index (χ4n) is 2.98. The smallest absolute Gasteiger partial charge is 0.273 e. The van der Waals surface area contributed by atoms with Crippen LogP contribution in [0.1, 0.15) is 48.9 Å². The molecule has 1 amide bonds. The number of aryl methyl sites for hydroxylation is 1. The van der Waals surface area contributed by atoms with Crippen LogP contribution < -0.4 is 5.32 Å². The molecule has 0 spiro atoms. The van der Waals surface area contributed by atoms with Crippen molar-refractivity contribution in [3.05, 3.63) is 40.7 Å². The fraction of sp³-hybridized carbons (Fsp3) is 0.444. The Morgan fingerprint density at radius 3 is 2.52 bits per heavy atom. The SMILES string of the molecule is Cc1oc(-c2ccc(Cl)cc2)nc1C(=O)NC1CCC(C)CC1. The summed E-state index contributed by atoms with van der Waals surface area (Å²) >= 11 is 5.89. The number of benzene rings is 1. The van der Waals surface area contributed by atoms with Gasteiger partial charge < -0.3 is 9.73 Å². The lowest BCUT2D eigenvalue weighted by atomic mass is 9.87. The van der Waals surface area contributed by atoms with Gasteiger partial charge in [-0.25, -0.2) is 4.98 Å². The van der Waals surface area contributed by atoms with E-state index in [1.807, 2.05) is 12.1 Å². The number of carbonyl (C=O) groups is 1. The van der Waals surface area contributed by atoms with Gasteiger partial charge in [0.25, 0.3) is 5.91 Å². The molecule has 3 rings (SSSR count). The molecule has 0 unspecified atom stereocenters. The van der Waals surface area contributed by atoms with Crippen LogP contribution in [0.3, 0.4) is 0 Å². The minimum absolute atomic E-state index is 0.147. The molecule has 0 bridgehead atoms. The first-order valence-electron chi connectivity index (χ1n) is 8.07. The topological polar surface area (TPSA) is 55.1 Å². The molecule has 1 aromatic carbocycles. The van der Waals surface area contributed by atoms with E-state index < -0.39 is 0 Å². The molecule has 1 N–H and O–H groups in total. The molecule has 5 heteroatoms. The minimum Gasteiger partial charge on any atom is -0.441 e. The van der Waals surface area contributed by atoms with Crippen LogP contribution >= 0.6 is 11.6 Å². The average molecular weight is 333 g/mol. The van der Waals surface area contributed by atoms with Gasteiger partial charge in [0.05, 0.1) is 0 Å². The Kier molecular flexibility index (Phi) is 4.71. The third-order valence-corrected chi connectivity index (χ3v) is 4.71. The highest BCUT2D eigenvalue weighted by Gasteiger charge is 2.23. The van der Waals surface area contributed by atoms with Crippen molar-refractivity contribution in [3.8, 4) is 11.5 Å². The van der Waals surface area contributed by atoms with Crippen molar-refractivity contribution in [2.75, 3.05) is 0 Å². The summed E-state index contributed by atoms with van der Waals surface area (Å²) in [6.45, 7) is 4.03. The van der Waals surface area contributed by atoms with Gasteiger partial charge in [-0.2, -0.15) is 0 Å². The van der Waals surface area contributed by atoms with Crippen LogP contribution in [0.4, 0.5) is 0 Å². The highest BCUT2D eigenvalue weighted by molar-refractivity contribution is 6.30. The second-order valence-electron chi connectivity index (χ2n) is 6.36. The van der Waals surface area contributed by atoms with Crippen LogP contribution in [0.25, 0.3) is 11.5 Å².